The van der Waals surface area contributed by atoms with E-state index in [-0.39, 0.29) is 18.3 Å². The van der Waals surface area contributed by atoms with E-state index in [1.807, 2.05) is 12.1 Å². The molecule has 1 aliphatic heterocycles. The first-order chi connectivity index (χ1) is 14.6. The van der Waals surface area contributed by atoms with Crippen LogP contribution in [0.25, 0.3) is 0 Å². The largest absolute Gasteiger partial charge is 0.493 e. The van der Waals surface area contributed by atoms with Crippen molar-refractivity contribution >= 4 is 18.4 Å². The van der Waals surface area contributed by atoms with E-state index in [4.69, 9.17) is 9.47 Å². The topological polar surface area (TPSA) is 59.0 Å². The summed E-state index contributed by atoms with van der Waals surface area (Å²) in [6, 6.07) is 14.4. The molecule has 0 amide bonds. The Morgan fingerprint density at radius 1 is 1.06 bits per heavy atom. The van der Waals surface area contributed by atoms with Crippen molar-refractivity contribution in [2.24, 2.45) is 11.8 Å². The lowest BCUT2D eigenvalue weighted by Gasteiger charge is -2.33. The monoisotopic (exact) mass is 445 g/mol. The van der Waals surface area contributed by atoms with Crippen LogP contribution in [0.4, 0.5) is 0 Å². The number of ether oxygens (including phenoxy) is 2. The van der Waals surface area contributed by atoms with Crippen molar-refractivity contribution in [2.75, 3.05) is 27.3 Å². The number of carboxylic acid groups (broad SMARTS) is 1. The van der Waals surface area contributed by atoms with E-state index in [0.717, 1.165) is 56.4 Å². The van der Waals surface area contributed by atoms with Gasteiger partial charge in [0.25, 0.3) is 0 Å². The van der Waals surface area contributed by atoms with Gasteiger partial charge in [-0.2, -0.15) is 0 Å². The number of benzene rings is 2. The smallest absolute Gasteiger partial charge is 0.311 e. The SMILES string of the molecule is COc1cc2c(cc1OC)C(C(=O)O)C(CC1CCN(Cc3ccccc3)CC1)C2.Cl. The summed E-state index contributed by atoms with van der Waals surface area (Å²) < 4.78 is 10.8. The molecule has 168 valence electrons. The molecule has 31 heavy (non-hydrogen) atoms. The first kappa shape index (κ1) is 23.4. The lowest BCUT2D eigenvalue weighted by Crippen LogP contribution is -2.34. The second-order valence-corrected chi connectivity index (χ2v) is 8.63. The molecule has 2 aromatic rings. The predicted octanol–water partition coefficient (Wildman–Crippen LogP) is 4.77. The number of nitrogens with zero attached hydrogens (tertiary/aromatic N) is 1. The Hall–Kier alpha value is -2.24. The summed E-state index contributed by atoms with van der Waals surface area (Å²) in [4.78, 5) is 14.7. The number of fused-ring (bicyclic) bond motifs is 1. The molecule has 1 fully saturated rings. The van der Waals surface area contributed by atoms with Crippen LogP contribution in [-0.2, 0) is 17.8 Å². The van der Waals surface area contributed by atoms with Crippen LogP contribution in [0.3, 0.4) is 0 Å². The highest BCUT2D eigenvalue weighted by molar-refractivity contribution is 5.85. The van der Waals surface area contributed by atoms with Gasteiger partial charge in [-0.1, -0.05) is 30.3 Å². The Kier molecular flexibility index (Phi) is 7.84. The number of methoxy groups -OCH3 is 2. The molecule has 0 radical (unpaired) electrons. The number of carboxylic acids is 1. The molecule has 1 heterocycles. The van der Waals surface area contributed by atoms with Crippen LogP contribution in [-0.4, -0.2) is 43.3 Å². The number of hydrogen-bond donors (Lipinski definition) is 1. The van der Waals surface area contributed by atoms with Crippen LogP contribution < -0.4 is 9.47 Å². The van der Waals surface area contributed by atoms with E-state index in [2.05, 4.69) is 35.2 Å². The summed E-state index contributed by atoms with van der Waals surface area (Å²) in [5.41, 5.74) is 3.34. The van der Waals surface area contributed by atoms with Crippen LogP contribution in [0.1, 0.15) is 41.9 Å². The van der Waals surface area contributed by atoms with Gasteiger partial charge in [-0.05, 0) is 79.4 Å². The molecule has 0 saturated carbocycles. The van der Waals surface area contributed by atoms with E-state index in [9.17, 15) is 9.90 Å². The maximum Gasteiger partial charge on any atom is 0.311 e. The molecular formula is C25H32ClNO4. The second kappa shape index (κ2) is 10.4. The zero-order valence-electron chi connectivity index (χ0n) is 18.3. The van der Waals surface area contributed by atoms with E-state index < -0.39 is 11.9 Å². The molecule has 0 bridgehead atoms. The number of hydrogen-bond acceptors (Lipinski definition) is 4. The molecule has 0 aromatic heterocycles. The van der Waals surface area contributed by atoms with Crippen molar-refractivity contribution in [3.05, 3.63) is 59.2 Å². The van der Waals surface area contributed by atoms with Crippen LogP contribution in [0, 0.1) is 11.8 Å². The van der Waals surface area contributed by atoms with Crippen LogP contribution in [0.5, 0.6) is 11.5 Å². The maximum absolute atomic E-state index is 12.1. The highest BCUT2D eigenvalue weighted by Crippen LogP contribution is 2.46. The average Bonchev–Trinajstić information content (AvgIpc) is 3.11. The van der Waals surface area contributed by atoms with Gasteiger partial charge < -0.3 is 14.6 Å². The van der Waals surface area contributed by atoms with Crippen molar-refractivity contribution in [1.29, 1.82) is 0 Å². The van der Waals surface area contributed by atoms with Gasteiger partial charge in [-0.3, -0.25) is 9.69 Å². The van der Waals surface area contributed by atoms with Crippen LogP contribution in [0.2, 0.25) is 0 Å². The minimum Gasteiger partial charge on any atom is -0.493 e. The van der Waals surface area contributed by atoms with Gasteiger partial charge in [0.05, 0.1) is 20.1 Å². The zero-order valence-corrected chi connectivity index (χ0v) is 19.1. The summed E-state index contributed by atoms with van der Waals surface area (Å²) in [6.45, 7) is 3.16. The lowest BCUT2D eigenvalue weighted by atomic mass is 9.81. The fourth-order valence-electron chi connectivity index (χ4n) is 5.26. The Balaban J connectivity index is 0.00000272. The van der Waals surface area contributed by atoms with E-state index >= 15 is 0 Å². The molecule has 2 aliphatic rings. The molecule has 6 heteroatoms. The van der Waals surface area contributed by atoms with Crippen LogP contribution >= 0.6 is 12.4 Å². The van der Waals surface area contributed by atoms with Crippen molar-refractivity contribution in [2.45, 2.75) is 38.1 Å². The highest BCUT2D eigenvalue weighted by Gasteiger charge is 2.40. The number of piperidine rings is 1. The van der Waals surface area contributed by atoms with Gasteiger partial charge in [-0.25, -0.2) is 0 Å². The molecule has 0 spiro atoms. The fraction of sp³-hybridized carbons (Fsp3) is 0.480. The van der Waals surface area contributed by atoms with Gasteiger partial charge in [0, 0.05) is 6.54 Å². The molecule has 1 saturated heterocycles. The average molecular weight is 446 g/mol. The van der Waals surface area contributed by atoms with Gasteiger partial charge in [-0.15, -0.1) is 12.4 Å². The minimum absolute atomic E-state index is 0. The van der Waals surface area contributed by atoms with Gasteiger partial charge in [0.15, 0.2) is 11.5 Å². The molecule has 5 nitrogen and oxygen atoms in total. The van der Waals surface area contributed by atoms with E-state index in [1.54, 1.807) is 14.2 Å². The number of carbonyl (C=O) groups is 1. The zero-order chi connectivity index (χ0) is 21.1. The molecule has 1 aliphatic carbocycles. The van der Waals surface area contributed by atoms with Gasteiger partial charge in [0.1, 0.15) is 0 Å². The van der Waals surface area contributed by atoms with Crippen LogP contribution in [0.15, 0.2) is 42.5 Å². The number of likely N-dealkylation sites (tertiary alicyclic amines) is 1. The summed E-state index contributed by atoms with van der Waals surface area (Å²) in [7, 11) is 3.21. The van der Waals surface area contributed by atoms with E-state index in [1.165, 1.54) is 5.56 Å². The highest BCUT2D eigenvalue weighted by atomic mass is 35.5. The number of rotatable bonds is 7. The molecule has 2 aromatic carbocycles. The van der Waals surface area contributed by atoms with Crippen molar-refractivity contribution < 1.29 is 19.4 Å². The van der Waals surface area contributed by atoms with Crippen molar-refractivity contribution in [1.82, 2.24) is 4.90 Å². The third-order valence-electron chi connectivity index (χ3n) is 6.79. The summed E-state index contributed by atoms with van der Waals surface area (Å²) in [5, 5.41) is 9.98. The molecule has 4 rings (SSSR count). The Morgan fingerprint density at radius 3 is 2.32 bits per heavy atom. The molecule has 2 atom stereocenters. The summed E-state index contributed by atoms with van der Waals surface area (Å²) in [6.07, 6.45) is 4.05. The molecule has 2 unspecified atom stereocenters. The first-order valence-electron chi connectivity index (χ1n) is 10.8. The summed E-state index contributed by atoms with van der Waals surface area (Å²) in [5.74, 6) is 0.823. The Bertz CT molecular complexity index is 881. The Morgan fingerprint density at radius 2 is 1.71 bits per heavy atom. The standard InChI is InChI=1S/C25H31NO4.ClH/c1-29-22-14-19-13-20(24(25(27)28)21(19)15-23(22)30-2)12-17-8-10-26(11-9-17)16-18-6-4-3-5-7-18;/h3-7,14-15,17,20,24H,8-13,16H2,1-2H3,(H,27,28);1H. The second-order valence-electron chi connectivity index (χ2n) is 8.63. The normalized spacial score (nSPS) is 21.2. The fourth-order valence-corrected chi connectivity index (χ4v) is 5.26. The third kappa shape index (κ3) is 5.16. The van der Waals surface area contributed by atoms with E-state index in [0.29, 0.717) is 17.4 Å². The van der Waals surface area contributed by atoms with Crippen molar-refractivity contribution in [3.8, 4) is 11.5 Å². The lowest BCUT2D eigenvalue weighted by molar-refractivity contribution is -0.140. The molecular weight excluding hydrogens is 414 g/mol. The third-order valence-corrected chi connectivity index (χ3v) is 6.79. The number of halogens is 1. The first-order valence-corrected chi connectivity index (χ1v) is 10.8. The quantitative estimate of drug-likeness (QED) is 0.665. The van der Waals surface area contributed by atoms with Gasteiger partial charge >= 0.3 is 5.97 Å². The van der Waals surface area contributed by atoms with Gasteiger partial charge in [0.2, 0.25) is 0 Å². The number of aliphatic carboxylic acids is 1. The minimum atomic E-state index is -0.729. The summed E-state index contributed by atoms with van der Waals surface area (Å²) >= 11 is 0. The van der Waals surface area contributed by atoms with Crippen molar-refractivity contribution in [3.63, 3.8) is 0 Å². The Labute approximate surface area is 190 Å². The maximum atomic E-state index is 12.1. The molecule has 1 N–H and O–H groups in total. The predicted molar refractivity (Wildman–Crippen MR) is 123 cm³/mol.